The molecule has 0 spiro atoms. The Morgan fingerprint density at radius 1 is 1.11 bits per heavy atom. The molecule has 0 bridgehead atoms. The monoisotopic (exact) mass is 398 g/mol. The summed E-state index contributed by atoms with van der Waals surface area (Å²) in [4.78, 5) is 30.7. The molecule has 1 fully saturated rings. The Labute approximate surface area is 170 Å². The van der Waals surface area contributed by atoms with Gasteiger partial charge in [0.1, 0.15) is 5.82 Å². The second-order valence-corrected chi connectivity index (χ2v) is 7.89. The first kappa shape index (κ1) is 20.2. The van der Waals surface area contributed by atoms with Gasteiger partial charge in [-0.15, -0.1) is 11.8 Å². The fourth-order valence-corrected chi connectivity index (χ4v) is 3.71. The number of aryl methyl sites for hydroxylation is 1. The Kier molecular flexibility index (Phi) is 7.31. The van der Waals surface area contributed by atoms with E-state index in [2.05, 4.69) is 20.5 Å². The highest BCUT2D eigenvalue weighted by Gasteiger charge is 2.13. The minimum absolute atomic E-state index is 0.0861. The summed E-state index contributed by atoms with van der Waals surface area (Å²) in [7, 11) is 0. The summed E-state index contributed by atoms with van der Waals surface area (Å²) in [6.07, 6.45) is 4.26. The van der Waals surface area contributed by atoms with E-state index in [0.29, 0.717) is 6.54 Å². The van der Waals surface area contributed by atoms with Gasteiger partial charge in [0.25, 0.3) is 0 Å². The molecule has 148 valence electrons. The third kappa shape index (κ3) is 6.27. The van der Waals surface area contributed by atoms with Gasteiger partial charge in [-0.05, 0) is 49.1 Å². The Morgan fingerprint density at radius 2 is 1.89 bits per heavy atom. The van der Waals surface area contributed by atoms with E-state index in [1.54, 1.807) is 0 Å². The molecule has 0 atom stereocenters. The van der Waals surface area contributed by atoms with Crippen molar-refractivity contribution in [2.75, 3.05) is 34.8 Å². The largest absolute Gasteiger partial charge is 0.357 e. The van der Waals surface area contributed by atoms with Crippen molar-refractivity contribution < 1.29 is 9.59 Å². The van der Waals surface area contributed by atoms with Gasteiger partial charge in [-0.1, -0.05) is 18.2 Å². The van der Waals surface area contributed by atoms with Gasteiger partial charge < -0.3 is 15.5 Å². The molecule has 1 aromatic carbocycles. The van der Waals surface area contributed by atoms with E-state index in [1.165, 1.54) is 24.6 Å². The molecule has 1 aliphatic heterocycles. The van der Waals surface area contributed by atoms with Crippen LogP contribution in [-0.2, 0) is 16.1 Å². The van der Waals surface area contributed by atoms with Gasteiger partial charge in [0.05, 0.1) is 11.5 Å². The molecule has 6 nitrogen and oxygen atoms in total. The maximum atomic E-state index is 12.0. The lowest BCUT2D eigenvalue weighted by Crippen LogP contribution is -2.26. The van der Waals surface area contributed by atoms with Crippen molar-refractivity contribution in [3.05, 3.63) is 53.7 Å². The Balaban J connectivity index is 1.33. The molecule has 2 N–H and O–H groups in total. The highest BCUT2D eigenvalue weighted by molar-refractivity contribution is 8.00. The minimum atomic E-state index is -0.106. The Bertz CT molecular complexity index is 804. The Morgan fingerprint density at radius 3 is 2.61 bits per heavy atom. The molecule has 7 heteroatoms. The number of pyridine rings is 1. The molecule has 0 saturated carbocycles. The molecule has 3 rings (SSSR count). The van der Waals surface area contributed by atoms with E-state index in [9.17, 15) is 9.59 Å². The first-order chi connectivity index (χ1) is 13.6. The molecule has 0 unspecified atom stereocenters. The second-order valence-electron chi connectivity index (χ2n) is 6.91. The van der Waals surface area contributed by atoms with Crippen LogP contribution in [0.15, 0.2) is 42.6 Å². The smallest absolute Gasteiger partial charge is 0.234 e. The molecule has 1 aromatic heterocycles. The molecule has 2 amide bonds. The first-order valence-electron chi connectivity index (χ1n) is 9.51. The SMILES string of the molecule is Cc1cccc(NC(=O)CSCC(=O)NCc2ccc(N3CCCC3)nc2)c1. The fraction of sp³-hybridized carbons (Fsp3) is 0.381. The van der Waals surface area contributed by atoms with Crippen LogP contribution in [0.25, 0.3) is 0 Å². The lowest BCUT2D eigenvalue weighted by atomic mass is 10.2. The zero-order valence-electron chi connectivity index (χ0n) is 16.1. The third-order valence-corrected chi connectivity index (χ3v) is 5.43. The summed E-state index contributed by atoms with van der Waals surface area (Å²) in [6, 6.07) is 11.7. The summed E-state index contributed by atoms with van der Waals surface area (Å²) in [5, 5.41) is 5.71. The number of rotatable bonds is 8. The van der Waals surface area contributed by atoms with Crippen LogP contribution in [0.1, 0.15) is 24.0 Å². The van der Waals surface area contributed by atoms with E-state index in [4.69, 9.17) is 0 Å². The van der Waals surface area contributed by atoms with Crippen LogP contribution in [0.2, 0.25) is 0 Å². The number of nitrogens with zero attached hydrogens (tertiary/aromatic N) is 2. The van der Waals surface area contributed by atoms with Gasteiger partial charge in [0.15, 0.2) is 0 Å². The lowest BCUT2D eigenvalue weighted by molar-refractivity contribution is -0.118. The van der Waals surface area contributed by atoms with Crippen molar-refractivity contribution in [2.24, 2.45) is 0 Å². The molecule has 2 heterocycles. The zero-order chi connectivity index (χ0) is 19.8. The van der Waals surface area contributed by atoms with Crippen LogP contribution in [0.3, 0.4) is 0 Å². The molecule has 1 saturated heterocycles. The zero-order valence-corrected chi connectivity index (χ0v) is 16.9. The third-order valence-electron chi connectivity index (χ3n) is 4.50. The number of hydrogen-bond donors (Lipinski definition) is 2. The van der Waals surface area contributed by atoms with Crippen molar-refractivity contribution in [1.82, 2.24) is 10.3 Å². The normalized spacial score (nSPS) is 13.4. The van der Waals surface area contributed by atoms with Gasteiger partial charge >= 0.3 is 0 Å². The summed E-state index contributed by atoms with van der Waals surface area (Å²) < 4.78 is 0. The number of amides is 2. The number of nitrogens with one attached hydrogen (secondary N) is 2. The topological polar surface area (TPSA) is 74.3 Å². The molecule has 2 aromatic rings. The van der Waals surface area contributed by atoms with Crippen LogP contribution in [0.5, 0.6) is 0 Å². The van der Waals surface area contributed by atoms with Gasteiger partial charge in [-0.25, -0.2) is 4.98 Å². The number of thioether (sulfide) groups is 1. The van der Waals surface area contributed by atoms with Crippen molar-refractivity contribution in [2.45, 2.75) is 26.3 Å². The maximum Gasteiger partial charge on any atom is 0.234 e. The number of hydrogen-bond acceptors (Lipinski definition) is 5. The van der Waals surface area contributed by atoms with Gasteiger partial charge in [0.2, 0.25) is 11.8 Å². The van der Waals surface area contributed by atoms with Crippen LogP contribution in [-0.4, -0.2) is 41.4 Å². The quantitative estimate of drug-likeness (QED) is 0.715. The van der Waals surface area contributed by atoms with Crippen molar-refractivity contribution in [3.63, 3.8) is 0 Å². The summed E-state index contributed by atoms with van der Waals surface area (Å²) >= 11 is 1.30. The van der Waals surface area contributed by atoms with Crippen molar-refractivity contribution in [3.8, 4) is 0 Å². The van der Waals surface area contributed by atoms with E-state index < -0.39 is 0 Å². The number of benzene rings is 1. The van der Waals surface area contributed by atoms with Crippen molar-refractivity contribution >= 4 is 35.1 Å². The molecular weight excluding hydrogens is 372 g/mol. The Hall–Kier alpha value is -2.54. The molecule has 1 aliphatic rings. The van der Waals surface area contributed by atoms with Crippen LogP contribution in [0.4, 0.5) is 11.5 Å². The molecular formula is C21H26N4O2S. The van der Waals surface area contributed by atoms with E-state index in [0.717, 1.165) is 35.7 Å². The second kappa shape index (κ2) is 10.1. The van der Waals surface area contributed by atoms with Gasteiger partial charge in [-0.3, -0.25) is 9.59 Å². The average molecular weight is 399 g/mol. The van der Waals surface area contributed by atoms with Gasteiger partial charge in [-0.2, -0.15) is 0 Å². The van der Waals surface area contributed by atoms with Gasteiger partial charge in [0, 0.05) is 31.5 Å². The highest BCUT2D eigenvalue weighted by Crippen LogP contribution is 2.17. The molecule has 0 radical (unpaired) electrons. The summed E-state index contributed by atoms with van der Waals surface area (Å²) in [5.74, 6) is 1.30. The summed E-state index contributed by atoms with van der Waals surface area (Å²) in [5.41, 5.74) is 2.84. The fourth-order valence-electron chi connectivity index (χ4n) is 3.06. The molecule has 28 heavy (non-hydrogen) atoms. The number of carbonyl (C=O) groups is 2. The predicted molar refractivity (Wildman–Crippen MR) is 115 cm³/mol. The predicted octanol–water partition coefficient (Wildman–Crippen LogP) is 2.98. The highest BCUT2D eigenvalue weighted by atomic mass is 32.2. The van der Waals surface area contributed by atoms with E-state index in [1.807, 2.05) is 49.5 Å². The van der Waals surface area contributed by atoms with Crippen LogP contribution in [0, 0.1) is 6.92 Å². The minimum Gasteiger partial charge on any atom is -0.357 e. The summed E-state index contributed by atoms with van der Waals surface area (Å²) in [6.45, 7) is 4.56. The van der Waals surface area contributed by atoms with Crippen molar-refractivity contribution in [1.29, 1.82) is 0 Å². The van der Waals surface area contributed by atoms with Crippen LogP contribution < -0.4 is 15.5 Å². The number of carbonyl (C=O) groups excluding carboxylic acids is 2. The average Bonchev–Trinajstić information content (AvgIpc) is 3.21. The van der Waals surface area contributed by atoms with E-state index >= 15 is 0 Å². The standard InChI is InChI=1S/C21H26N4O2S/c1-16-5-4-6-18(11-16)24-21(27)15-28-14-20(26)23-13-17-7-8-19(22-12-17)25-9-2-3-10-25/h4-8,11-12H,2-3,9-10,13-15H2,1H3,(H,23,26)(H,24,27). The molecule has 0 aliphatic carbocycles. The first-order valence-corrected chi connectivity index (χ1v) is 10.7. The number of anilines is 2. The van der Waals surface area contributed by atoms with Crippen LogP contribution >= 0.6 is 11.8 Å². The maximum absolute atomic E-state index is 12.0. The lowest BCUT2D eigenvalue weighted by Gasteiger charge is -2.16. The van der Waals surface area contributed by atoms with E-state index in [-0.39, 0.29) is 23.3 Å². The number of aromatic nitrogens is 1.